The van der Waals surface area contributed by atoms with Gasteiger partial charge in [-0.2, -0.15) is 0 Å². The summed E-state index contributed by atoms with van der Waals surface area (Å²) in [5, 5.41) is 0. The van der Waals surface area contributed by atoms with Crippen LogP contribution in [0, 0.1) is 0 Å². The Hall–Kier alpha value is -2.55. The molecular weight excluding hydrogens is 762 g/mol. The number of ether oxygens (including phenoxy) is 2. The van der Waals surface area contributed by atoms with Gasteiger partial charge < -0.3 is 18.9 Å². The predicted octanol–water partition coefficient (Wildman–Crippen LogP) is 13.4. The molecule has 0 bridgehead atoms. The second-order valence-electron chi connectivity index (χ2n) is 16.4. The number of allylic oxidation sites excluding steroid dienone is 12. The lowest BCUT2D eigenvalue weighted by molar-refractivity contribution is -0.870. The average molecular weight is 849 g/mol. The molecule has 0 fully saturated rings. The monoisotopic (exact) mass is 849 g/mol. The summed E-state index contributed by atoms with van der Waals surface area (Å²) in [4.78, 5) is 35.4. The molecule has 2 unspecified atom stereocenters. The Balaban J connectivity index is 4.33. The van der Waals surface area contributed by atoms with Gasteiger partial charge in [-0.25, -0.2) is 4.57 Å². The van der Waals surface area contributed by atoms with Gasteiger partial charge in [-0.3, -0.25) is 18.6 Å². The summed E-state index contributed by atoms with van der Waals surface area (Å²) in [7, 11) is 1.45. The van der Waals surface area contributed by atoms with Gasteiger partial charge in [-0.05, 0) is 83.5 Å². The normalized spacial score (nSPS) is 14.2. The van der Waals surface area contributed by atoms with E-state index in [1.807, 2.05) is 21.1 Å². The highest BCUT2D eigenvalue weighted by Gasteiger charge is 2.27. The van der Waals surface area contributed by atoms with Gasteiger partial charge in [0.1, 0.15) is 19.8 Å². The number of quaternary nitrogens is 1. The quantitative estimate of drug-likeness (QED) is 0.0213. The minimum absolute atomic E-state index is 0.0246. The number of nitrogens with zero attached hydrogens (tertiary/aromatic N) is 1. The molecule has 0 aromatic heterocycles. The van der Waals surface area contributed by atoms with Gasteiger partial charge in [0.05, 0.1) is 27.7 Å². The number of hydrogen-bond acceptors (Lipinski definition) is 7. The first kappa shape index (κ1) is 56.5. The third-order valence-corrected chi connectivity index (χ3v) is 10.5. The number of phosphoric ester groups is 1. The summed E-state index contributed by atoms with van der Waals surface area (Å²) in [6.07, 6.45) is 50.9. The van der Waals surface area contributed by atoms with E-state index < -0.39 is 26.5 Å². The zero-order chi connectivity index (χ0) is 43.6. The lowest BCUT2D eigenvalue weighted by atomic mass is 10.1. The fourth-order valence-corrected chi connectivity index (χ4v) is 6.60. The van der Waals surface area contributed by atoms with Gasteiger partial charge >= 0.3 is 19.8 Å². The van der Waals surface area contributed by atoms with Gasteiger partial charge in [0, 0.05) is 12.8 Å². The fourth-order valence-electron chi connectivity index (χ4n) is 5.86. The first-order chi connectivity index (χ1) is 28.5. The van der Waals surface area contributed by atoms with Crippen LogP contribution in [-0.2, 0) is 32.7 Å². The molecule has 340 valence electrons. The second kappa shape index (κ2) is 40.8. The smallest absolute Gasteiger partial charge is 0.462 e. The molecule has 9 nitrogen and oxygen atoms in total. The molecule has 0 aromatic rings. The Morgan fingerprint density at radius 2 is 0.966 bits per heavy atom. The van der Waals surface area contributed by atoms with Crippen LogP contribution in [0.4, 0.5) is 0 Å². The number of carbonyl (C=O) groups is 2. The van der Waals surface area contributed by atoms with Crippen LogP contribution in [0.5, 0.6) is 0 Å². The average Bonchev–Trinajstić information content (AvgIpc) is 3.19. The van der Waals surface area contributed by atoms with Crippen LogP contribution in [0.3, 0.4) is 0 Å². The van der Waals surface area contributed by atoms with Crippen LogP contribution in [-0.4, -0.2) is 74.9 Å². The molecule has 0 aliphatic carbocycles. The first-order valence-electron chi connectivity index (χ1n) is 23.2. The highest BCUT2D eigenvalue weighted by molar-refractivity contribution is 7.47. The molecule has 1 N–H and O–H groups in total. The summed E-state index contributed by atoms with van der Waals surface area (Å²) in [6.45, 7) is 4.25. The third-order valence-electron chi connectivity index (χ3n) is 9.47. The molecule has 0 amide bonds. The van der Waals surface area contributed by atoms with E-state index in [1.54, 1.807) is 0 Å². The van der Waals surface area contributed by atoms with Crippen molar-refractivity contribution in [2.24, 2.45) is 0 Å². The van der Waals surface area contributed by atoms with E-state index in [-0.39, 0.29) is 32.0 Å². The van der Waals surface area contributed by atoms with Crippen LogP contribution >= 0.6 is 7.82 Å². The van der Waals surface area contributed by atoms with Gasteiger partial charge in [0.2, 0.25) is 0 Å². The molecule has 0 rings (SSSR count). The fraction of sp³-hybridized carbons (Fsp3) is 0.714. The summed E-state index contributed by atoms with van der Waals surface area (Å²) >= 11 is 0. The molecule has 0 aromatic carbocycles. The lowest BCUT2D eigenvalue weighted by Crippen LogP contribution is -2.37. The zero-order valence-corrected chi connectivity index (χ0v) is 39.1. The maximum atomic E-state index is 12.7. The van der Waals surface area contributed by atoms with Crippen LogP contribution in [0.15, 0.2) is 72.9 Å². The van der Waals surface area contributed by atoms with Gasteiger partial charge in [0.15, 0.2) is 6.10 Å². The topological polar surface area (TPSA) is 108 Å². The number of unbranched alkanes of at least 4 members (excludes halogenated alkanes) is 15. The van der Waals surface area contributed by atoms with Crippen molar-refractivity contribution in [1.29, 1.82) is 0 Å². The molecule has 2 atom stereocenters. The number of carbonyl (C=O) groups excluding carboxylic acids is 2. The van der Waals surface area contributed by atoms with Crippen molar-refractivity contribution in [1.82, 2.24) is 0 Å². The first-order valence-corrected chi connectivity index (χ1v) is 24.7. The van der Waals surface area contributed by atoms with Crippen LogP contribution in [0.1, 0.15) is 174 Å². The van der Waals surface area contributed by atoms with E-state index in [9.17, 15) is 19.0 Å². The second-order valence-corrected chi connectivity index (χ2v) is 17.9. The minimum atomic E-state index is -4.38. The molecule has 0 spiro atoms. The SMILES string of the molecule is CC/C=C\C/C=C\C/C=C\C/C=C\C/C=C\CCCCCCCCCC(=O)OC(COC(=O)CCCCCCC/C=C\CCCCC)COP(=O)(O)OCC[N+](C)(C)C. The molecule has 0 aliphatic heterocycles. The van der Waals surface area contributed by atoms with Crippen LogP contribution < -0.4 is 0 Å². The van der Waals surface area contributed by atoms with E-state index in [1.165, 1.54) is 44.9 Å². The summed E-state index contributed by atoms with van der Waals surface area (Å²) in [6, 6.07) is 0. The highest BCUT2D eigenvalue weighted by Crippen LogP contribution is 2.43. The van der Waals surface area contributed by atoms with Crippen LogP contribution in [0.2, 0.25) is 0 Å². The number of esters is 2. The van der Waals surface area contributed by atoms with E-state index in [0.29, 0.717) is 17.4 Å². The highest BCUT2D eigenvalue weighted by atomic mass is 31.2. The summed E-state index contributed by atoms with van der Waals surface area (Å²) in [5.41, 5.74) is 0. The van der Waals surface area contributed by atoms with Gasteiger partial charge in [-0.1, -0.05) is 151 Å². The Labute approximate surface area is 361 Å². The molecule has 10 heteroatoms. The molecule has 0 saturated carbocycles. The molecule has 0 heterocycles. The molecule has 0 saturated heterocycles. The minimum Gasteiger partial charge on any atom is -0.462 e. The van der Waals surface area contributed by atoms with Gasteiger partial charge in [0.25, 0.3) is 0 Å². The third kappa shape index (κ3) is 44.8. The van der Waals surface area contributed by atoms with Crippen molar-refractivity contribution < 1.29 is 42.1 Å². The Bertz CT molecular complexity index is 1230. The van der Waals surface area contributed by atoms with Crippen molar-refractivity contribution in [2.75, 3.05) is 47.5 Å². The van der Waals surface area contributed by atoms with Crippen molar-refractivity contribution in [3.63, 3.8) is 0 Å². The maximum Gasteiger partial charge on any atom is 0.472 e. The molecule has 0 radical (unpaired) electrons. The molecule has 0 aliphatic rings. The zero-order valence-electron chi connectivity index (χ0n) is 38.2. The Morgan fingerprint density at radius 1 is 0.542 bits per heavy atom. The number of phosphoric acid groups is 1. The van der Waals surface area contributed by atoms with E-state index in [0.717, 1.165) is 96.3 Å². The summed E-state index contributed by atoms with van der Waals surface area (Å²) < 4.78 is 34.3. The number of hydrogen-bond donors (Lipinski definition) is 1. The van der Waals surface area contributed by atoms with E-state index >= 15 is 0 Å². The molecule has 59 heavy (non-hydrogen) atoms. The maximum absolute atomic E-state index is 12.7. The van der Waals surface area contributed by atoms with Crippen molar-refractivity contribution in [3.05, 3.63) is 72.9 Å². The number of rotatable bonds is 41. The van der Waals surface area contributed by atoms with E-state index in [4.69, 9.17) is 18.5 Å². The Morgan fingerprint density at radius 3 is 1.46 bits per heavy atom. The predicted molar refractivity (Wildman–Crippen MR) is 247 cm³/mol. The molecular formula is C49H87NO8P+. The van der Waals surface area contributed by atoms with Crippen molar-refractivity contribution in [3.8, 4) is 0 Å². The lowest BCUT2D eigenvalue weighted by Gasteiger charge is -2.24. The van der Waals surface area contributed by atoms with E-state index in [2.05, 4.69) is 86.8 Å². The van der Waals surface area contributed by atoms with Gasteiger partial charge in [-0.15, -0.1) is 0 Å². The largest absolute Gasteiger partial charge is 0.472 e. The Kier molecular flexibility index (Phi) is 39.1. The van der Waals surface area contributed by atoms with Crippen molar-refractivity contribution in [2.45, 2.75) is 180 Å². The van der Waals surface area contributed by atoms with Crippen LogP contribution in [0.25, 0.3) is 0 Å². The van der Waals surface area contributed by atoms with Crippen molar-refractivity contribution >= 4 is 19.8 Å². The standard InChI is InChI=1S/C49H86NO8P/c1-6-8-10-12-14-16-18-20-21-22-23-24-25-26-27-28-29-30-32-34-36-38-40-42-49(52)58-47(46-57-59(53,54)56-44-43-50(3,4)5)45-55-48(51)41-39-37-35-33-31-19-17-15-13-11-9-7-2/h8,10,14-17,20-21,23-24,26-27,47H,6-7,9,11-13,18-19,22,25,28-46H2,1-5H3/p+1/b10-8-,16-14-,17-15-,21-20-,24-23-,27-26-. The number of likely N-dealkylation sites (N-methyl/N-ethyl adjacent to an activating group) is 1. The summed E-state index contributed by atoms with van der Waals surface area (Å²) in [5.74, 6) is -0.827.